The number of rotatable bonds is 4. The van der Waals surface area contributed by atoms with Crippen LogP contribution in [0.15, 0.2) is 40.4 Å². The van der Waals surface area contributed by atoms with Crippen molar-refractivity contribution in [2.75, 3.05) is 0 Å². The first-order valence-electron chi connectivity index (χ1n) is 4.84. The number of hydrogen-bond acceptors (Lipinski definition) is 4. The highest BCUT2D eigenvalue weighted by atomic mass is 32.2. The first kappa shape index (κ1) is 10.2. The summed E-state index contributed by atoms with van der Waals surface area (Å²) in [5.41, 5.74) is 1.27. The monoisotopic (exact) mass is 220 g/mol. The summed E-state index contributed by atoms with van der Waals surface area (Å²) >= 11 is 1.64. The van der Waals surface area contributed by atoms with Crippen LogP contribution in [-0.2, 0) is 12.2 Å². The maximum Gasteiger partial charge on any atom is 0.117 e. The van der Waals surface area contributed by atoms with Gasteiger partial charge in [-0.15, -0.1) is 0 Å². The Morgan fingerprint density at radius 1 is 1.40 bits per heavy atom. The van der Waals surface area contributed by atoms with Crippen molar-refractivity contribution in [2.45, 2.75) is 24.1 Å². The van der Waals surface area contributed by atoms with Crippen LogP contribution in [-0.4, -0.2) is 9.97 Å². The molecular weight excluding hydrogens is 208 g/mol. The van der Waals surface area contributed by atoms with E-state index in [2.05, 4.69) is 16.9 Å². The lowest BCUT2D eigenvalue weighted by molar-refractivity contribution is 0.526. The number of aromatic nitrogens is 2. The number of nitrogens with zero attached hydrogens (tertiary/aromatic N) is 2. The van der Waals surface area contributed by atoms with Crippen molar-refractivity contribution in [2.24, 2.45) is 0 Å². The highest BCUT2D eigenvalue weighted by Gasteiger charge is 2.05. The van der Waals surface area contributed by atoms with E-state index in [-0.39, 0.29) is 0 Å². The van der Waals surface area contributed by atoms with Gasteiger partial charge in [0, 0.05) is 12.4 Å². The van der Waals surface area contributed by atoms with Gasteiger partial charge in [0.05, 0.1) is 18.2 Å². The molecule has 0 aliphatic rings. The van der Waals surface area contributed by atoms with Crippen molar-refractivity contribution in [1.82, 2.24) is 9.97 Å². The molecule has 0 fully saturated rings. The van der Waals surface area contributed by atoms with E-state index in [1.807, 2.05) is 6.07 Å². The van der Waals surface area contributed by atoms with Crippen molar-refractivity contribution in [1.29, 1.82) is 0 Å². The highest BCUT2D eigenvalue weighted by Crippen LogP contribution is 2.22. The number of aryl methyl sites for hydroxylation is 1. The van der Waals surface area contributed by atoms with E-state index in [0.29, 0.717) is 0 Å². The first-order valence-corrected chi connectivity index (χ1v) is 5.82. The average molecular weight is 220 g/mol. The quantitative estimate of drug-likeness (QED) is 0.743. The van der Waals surface area contributed by atoms with Crippen LogP contribution in [0.3, 0.4) is 0 Å². The van der Waals surface area contributed by atoms with Gasteiger partial charge in [-0.05, 0) is 18.1 Å². The molecule has 0 aliphatic carbocycles. The van der Waals surface area contributed by atoms with E-state index in [0.717, 1.165) is 23.0 Å². The van der Waals surface area contributed by atoms with E-state index < -0.39 is 0 Å². The maximum atomic E-state index is 5.41. The Morgan fingerprint density at radius 3 is 3.07 bits per heavy atom. The summed E-state index contributed by atoms with van der Waals surface area (Å²) in [5.74, 6) is 1.85. The molecule has 0 atom stereocenters. The number of hydrogen-bond donors (Lipinski definition) is 0. The normalized spacial score (nSPS) is 10.5. The molecule has 4 heteroatoms. The van der Waals surface area contributed by atoms with Crippen molar-refractivity contribution in [3.05, 3.63) is 42.2 Å². The number of thioether (sulfide) groups is 1. The summed E-state index contributed by atoms with van der Waals surface area (Å²) in [5, 5.41) is 0.927. The van der Waals surface area contributed by atoms with E-state index in [9.17, 15) is 0 Å². The third kappa shape index (κ3) is 2.59. The van der Waals surface area contributed by atoms with Crippen LogP contribution in [0.2, 0.25) is 0 Å². The molecule has 0 saturated heterocycles. The Hall–Kier alpha value is -1.29. The van der Waals surface area contributed by atoms with Gasteiger partial charge in [-0.2, -0.15) is 0 Å². The largest absolute Gasteiger partial charge is 0.468 e. The lowest BCUT2D eigenvalue weighted by Gasteiger charge is -1.99. The Kier molecular flexibility index (Phi) is 3.40. The molecule has 3 nitrogen and oxygen atoms in total. The van der Waals surface area contributed by atoms with Gasteiger partial charge in [0.25, 0.3) is 0 Å². The molecular formula is C11H12N2OS. The molecule has 0 aromatic carbocycles. The summed E-state index contributed by atoms with van der Waals surface area (Å²) in [6.07, 6.45) is 7.89. The molecule has 2 aromatic rings. The summed E-state index contributed by atoms with van der Waals surface area (Å²) < 4.78 is 5.41. The fourth-order valence-electron chi connectivity index (χ4n) is 1.31. The molecule has 0 unspecified atom stereocenters. The van der Waals surface area contributed by atoms with Crippen molar-refractivity contribution in [3.8, 4) is 0 Å². The van der Waals surface area contributed by atoms with Gasteiger partial charge in [-0.1, -0.05) is 18.7 Å². The van der Waals surface area contributed by atoms with Gasteiger partial charge in [0.1, 0.15) is 10.8 Å². The molecule has 2 heterocycles. The van der Waals surface area contributed by atoms with Crippen molar-refractivity contribution >= 4 is 11.8 Å². The van der Waals surface area contributed by atoms with Crippen LogP contribution in [0.4, 0.5) is 0 Å². The van der Waals surface area contributed by atoms with E-state index in [1.165, 1.54) is 5.56 Å². The smallest absolute Gasteiger partial charge is 0.117 e. The fraction of sp³-hybridized carbons (Fsp3) is 0.273. The summed E-state index contributed by atoms with van der Waals surface area (Å²) in [6, 6.07) is 2.02. The lowest BCUT2D eigenvalue weighted by atomic mass is 10.2. The molecule has 78 valence electrons. The minimum absolute atomic E-state index is 0.814. The van der Waals surface area contributed by atoms with Crippen molar-refractivity contribution in [3.63, 3.8) is 0 Å². The predicted octanol–water partition coefficient (Wildman–Crippen LogP) is 2.92. The topological polar surface area (TPSA) is 38.9 Å². The second-order valence-corrected chi connectivity index (χ2v) is 4.05. The van der Waals surface area contributed by atoms with E-state index >= 15 is 0 Å². The maximum absolute atomic E-state index is 5.41. The number of furan rings is 1. The third-order valence-electron chi connectivity index (χ3n) is 2.11. The van der Waals surface area contributed by atoms with Crippen LogP contribution >= 0.6 is 11.8 Å². The second-order valence-electron chi connectivity index (χ2n) is 3.05. The molecule has 0 bridgehead atoms. The van der Waals surface area contributed by atoms with Crippen LogP contribution in [0, 0.1) is 0 Å². The summed E-state index contributed by atoms with van der Waals surface area (Å²) in [6.45, 7) is 2.13. The minimum atomic E-state index is 0.814. The van der Waals surface area contributed by atoms with Crippen LogP contribution in [0.5, 0.6) is 0 Å². The highest BCUT2D eigenvalue weighted by molar-refractivity contribution is 7.98. The molecule has 0 aliphatic heterocycles. The SMILES string of the molecule is CCc1ccoc1CSc1cnccn1. The van der Waals surface area contributed by atoms with Crippen LogP contribution in [0.1, 0.15) is 18.2 Å². The van der Waals surface area contributed by atoms with Gasteiger partial charge in [-0.25, -0.2) is 4.98 Å². The van der Waals surface area contributed by atoms with Gasteiger partial charge in [-0.3, -0.25) is 4.98 Å². The molecule has 0 radical (unpaired) electrons. The fourth-order valence-corrected chi connectivity index (χ4v) is 2.11. The second kappa shape index (κ2) is 4.98. The zero-order valence-corrected chi connectivity index (χ0v) is 9.33. The summed E-state index contributed by atoms with van der Waals surface area (Å²) in [7, 11) is 0. The zero-order valence-electron chi connectivity index (χ0n) is 8.51. The average Bonchev–Trinajstić information content (AvgIpc) is 2.75. The zero-order chi connectivity index (χ0) is 10.5. The van der Waals surface area contributed by atoms with Gasteiger partial charge >= 0.3 is 0 Å². The van der Waals surface area contributed by atoms with Gasteiger partial charge < -0.3 is 4.42 Å². The lowest BCUT2D eigenvalue weighted by Crippen LogP contribution is -1.86. The molecule has 0 amide bonds. The molecule has 2 rings (SSSR count). The van der Waals surface area contributed by atoms with Crippen molar-refractivity contribution < 1.29 is 4.42 Å². The van der Waals surface area contributed by atoms with E-state index in [4.69, 9.17) is 4.42 Å². The molecule has 0 saturated carbocycles. The molecule has 0 N–H and O–H groups in total. The van der Waals surface area contributed by atoms with E-state index in [1.54, 1.807) is 36.6 Å². The molecule has 15 heavy (non-hydrogen) atoms. The minimum Gasteiger partial charge on any atom is -0.468 e. The summed E-state index contributed by atoms with van der Waals surface area (Å²) in [4.78, 5) is 8.21. The molecule has 2 aromatic heterocycles. The Morgan fingerprint density at radius 2 is 2.33 bits per heavy atom. The Balaban J connectivity index is 1.99. The predicted molar refractivity (Wildman–Crippen MR) is 59.7 cm³/mol. The first-order chi connectivity index (χ1) is 7.40. The van der Waals surface area contributed by atoms with Gasteiger partial charge in [0.2, 0.25) is 0 Å². The van der Waals surface area contributed by atoms with Crippen LogP contribution in [0.25, 0.3) is 0 Å². The Bertz CT molecular complexity index is 414. The van der Waals surface area contributed by atoms with Gasteiger partial charge in [0.15, 0.2) is 0 Å². The third-order valence-corrected chi connectivity index (χ3v) is 3.02. The molecule has 0 spiro atoms. The van der Waals surface area contributed by atoms with Crippen LogP contribution < -0.4 is 0 Å². The Labute approximate surface area is 92.9 Å². The standard InChI is InChI=1S/C11H12N2OS/c1-2-9-3-6-14-10(9)8-15-11-7-12-4-5-13-11/h3-7H,2,8H2,1H3.